The van der Waals surface area contributed by atoms with Crippen molar-refractivity contribution in [3.8, 4) is 0 Å². The average Bonchev–Trinajstić information content (AvgIpc) is 2.63. The van der Waals surface area contributed by atoms with Crippen LogP contribution in [0.4, 0.5) is 0 Å². The van der Waals surface area contributed by atoms with Gasteiger partial charge in [-0.15, -0.1) is 0 Å². The van der Waals surface area contributed by atoms with Gasteiger partial charge in [-0.05, 0) is 52.3 Å². The maximum Gasteiger partial charge on any atom is 0.337 e. The Hall–Kier alpha value is -2.37. The molecule has 22 heavy (non-hydrogen) atoms. The summed E-state index contributed by atoms with van der Waals surface area (Å²) in [5, 5.41) is 9.30. The molecule has 0 fully saturated rings. The minimum absolute atomic E-state index is 0.00210. The molecular weight excluding hydrogens is 284 g/mol. The number of hydrogen-bond acceptors (Lipinski definition) is 4. The molecule has 0 amide bonds. The summed E-state index contributed by atoms with van der Waals surface area (Å²) in [5.41, 5.74) is 1.39. The third-order valence-electron chi connectivity index (χ3n) is 3.13. The second kappa shape index (κ2) is 5.44. The molecule has 0 radical (unpaired) electrons. The number of carbonyl (C=O) groups is 2. The summed E-state index contributed by atoms with van der Waals surface area (Å²) in [6.45, 7) is 8.96. The predicted octanol–water partition coefficient (Wildman–Crippen LogP) is 2.69. The van der Waals surface area contributed by atoms with Crippen LogP contribution in [0.5, 0.6) is 0 Å². The summed E-state index contributed by atoms with van der Waals surface area (Å²) in [6, 6.07) is 3.40. The predicted molar refractivity (Wildman–Crippen MR) is 82.0 cm³/mol. The Morgan fingerprint density at radius 2 is 1.91 bits per heavy atom. The van der Waals surface area contributed by atoms with Crippen molar-refractivity contribution in [3.05, 3.63) is 29.1 Å². The molecule has 0 saturated carbocycles. The van der Waals surface area contributed by atoms with Crippen LogP contribution in [0.3, 0.4) is 0 Å². The number of rotatable bonds is 3. The van der Waals surface area contributed by atoms with Crippen LogP contribution in [-0.4, -0.2) is 32.2 Å². The molecule has 6 heteroatoms. The topological polar surface area (TPSA) is 81.4 Å². The summed E-state index contributed by atoms with van der Waals surface area (Å²) in [6.07, 6.45) is 0. The van der Waals surface area contributed by atoms with Gasteiger partial charge in [0.2, 0.25) is 0 Å². The second-order valence-electron chi connectivity index (χ2n) is 6.32. The van der Waals surface area contributed by atoms with Gasteiger partial charge in [0.05, 0.1) is 11.1 Å². The highest BCUT2D eigenvalue weighted by molar-refractivity contribution is 6.01. The van der Waals surface area contributed by atoms with Gasteiger partial charge in [0.1, 0.15) is 23.5 Å². The smallest absolute Gasteiger partial charge is 0.337 e. The van der Waals surface area contributed by atoms with Gasteiger partial charge in [-0.25, -0.2) is 9.78 Å². The molecule has 6 nitrogen and oxygen atoms in total. The van der Waals surface area contributed by atoms with Crippen molar-refractivity contribution in [3.63, 3.8) is 0 Å². The highest BCUT2D eigenvalue weighted by Gasteiger charge is 2.21. The highest BCUT2D eigenvalue weighted by atomic mass is 16.6. The number of esters is 1. The molecule has 0 atom stereocenters. The summed E-state index contributed by atoms with van der Waals surface area (Å²) < 4.78 is 7.00. The number of benzene rings is 1. The van der Waals surface area contributed by atoms with Crippen molar-refractivity contribution in [1.29, 1.82) is 0 Å². The van der Waals surface area contributed by atoms with E-state index in [0.29, 0.717) is 16.9 Å². The lowest BCUT2D eigenvalue weighted by atomic mass is 10.1. The normalized spacial score (nSPS) is 11.7. The Balaban J connectivity index is 2.49. The molecule has 1 aromatic heterocycles. The van der Waals surface area contributed by atoms with E-state index in [1.54, 1.807) is 38.3 Å². The molecular formula is C16H20N2O4. The molecule has 0 aliphatic carbocycles. The first kappa shape index (κ1) is 16.0. The van der Waals surface area contributed by atoms with E-state index in [1.807, 2.05) is 13.0 Å². The molecule has 0 aliphatic heterocycles. The van der Waals surface area contributed by atoms with Gasteiger partial charge in [0, 0.05) is 0 Å². The number of fused-ring (bicyclic) bond motifs is 1. The molecule has 2 aromatic rings. The van der Waals surface area contributed by atoms with Crippen molar-refractivity contribution in [2.45, 2.75) is 46.8 Å². The van der Waals surface area contributed by atoms with Crippen molar-refractivity contribution in [2.75, 3.05) is 0 Å². The number of carboxylic acid groups (broad SMARTS) is 1. The maximum absolute atomic E-state index is 12.0. The number of hydrogen-bond donors (Lipinski definition) is 1. The Bertz CT molecular complexity index is 754. The molecule has 0 unspecified atom stereocenters. The first-order valence-electron chi connectivity index (χ1n) is 7.01. The van der Waals surface area contributed by atoms with Gasteiger partial charge in [0.25, 0.3) is 0 Å². The van der Waals surface area contributed by atoms with E-state index >= 15 is 0 Å². The van der Waals surface area contributed by atoms with Crippen molar-refractivity contribution < 1.29 is 19.4 Å². The minimum Gasteiger partial charge on any atom is -0.478 e. The number of aromatic nitrogens is 2. The van der Waals surface area contributed by atoms with Crippen LogP contribution in [0.2, 0.25) is 0 Å². The molecule has 0 bridgehead atoms. The monoisotopic (exact) mass is 304 g/mol. The van der Waals surface area contributed by atoms with Crippen molar-refractivity contribution in [2.24, 2.45) is 0 Å². The Kier molecular flexibility index (Phi) is 3.96. The van der Waals surface area contributed by atoms with E-state index in [2.05, 4.69) is 4.98 Å². The fraction of sp³-hybridized carbons (Fsp3) is 0.438. The number of ether oxygens (including phenoxy) is 1. The zero-order valence-corrected chi connectivity index (χ0v) is 13.4. The standard InChI is InChI=1S/C16H20N2O4/c1-9-6-11(15(20)21)14-12(7-9)18(10(2)17-14)8-13(19)22-16(3,4)5/h6-7H,8H2,1-5H3,(H,20,21). The highest BCUT2D eigenvalue weighted by Crippen LogP contribution is 2.23. The van der Waals surface area contributed by atoms with Crippen molar-refractivity contribution >= 4 is 23.0 Å². The SMILES string of the molecule is Cc1cc(C(=O)O)c2nc(C)n(CC(=O)OC(C)(C)C)c2c1. The summed E-state index contributed by atoms with van der Waals surface area (Å²) in [4.78, 5) is 27.7. The van der Waals surface area contributed by atoms with Crippen molar-refractivity contribution in [1.82, 2.24) is 9.55 Å². The fourth-order valence-electron chi connectivity index (χ4n) is 2.34. The lowest BCUT2D eigenvalue weighted by Crippen LogP contribution is -2.26. The molecule has 0 saturated heterocycles. The molecule has 0 spiro atoms. The van der Waals surface area contributed by atoms with E-state index in [9.17, 15) is 14.7 Å². The lowest BCUT2D eigenvalue weighted by molar-refractivity contribution is -0.155. The summed E-state index contributed by atoms with van der Waals surface area (Å²) >= 11 is 0. The van der Waals surface area contributed by atoms with Crippen LogP contribution in [0.15, 0.2) is 12.1 Å². The Morgan fingerprint density at radius 3 is 2.45 bits per heavy atom. The Labute approximate surface area is 128 Å². The van der Waals surface area contributed by atoms with Crippen LogP contribution in [0.25, 0.3) is 11.0 Å². The zero-order valence-electron chi connectivity index (χ0n) is 13.4. The van der Waals surface area contributed by atoms with Gasteiger partial charge in [-0.3, -0.25) is 4.79 Å². The zero-order chi connectivity index (χ0) is 16.7. The van der Waals surface area contributed by atoms with Gasteiger partial charge < -0.3 is 14.4 Å². The summed E-state index contributed by atoms with van der Waals surface area (Å²) in [5.74, 6) is -0.835. The van der Waals surface area contributed by atoms with E-state index < -0.39 is 11.6 Å². The van der Waals surface area contributed by atoms with E-state index in [0.717, 1.165) is 5.56 Å². The number of aromatic carboxylic acids is 1. The van der Waals surface area contributed by atoms with E-state index in [4.69, 9.17) is 4.74 Å². The largest absolute Gasteiger partial charge is 0.478 e. The van der Waals surface area contributed by atoms with Gasteiger partial charge >= 0.3 is 11.9 Å². The fourth-order valence-corrected chi connectivity index (χ4v) is 2.34. The number of carbonyl (C=O) groups excluding carboxylic acids is 1. The molecule has 1 heterocycles. The van der Waals surface area contributed by atoms with Crippen LogP contribution < -0.4 is 0 Å². The molecule has 1 aromatic carbocycles. The average molecular weight is 304 g/mol. The van der Waals surface area contributed by atoms with E-state index in [1.165, 1.54) is 0 Å². The van der Waals surface area contributed by atoms with Crippen LogP contribution in [-0.2, 0) is 16.1 Å². The lowest BCUT2D eigenvalue weighted by Gasteiger charge is -2.20. The van der Waals surface area contributed by atoms with Gasteiger partial charge in [-0.2, -0.15) is 0 Å². The van der Waals surface area contributed by atoms with Crippen LogP contribution >= 0.6 is 0 Å². The number of carboxylic acids is 1. The van der Waals surface area contributed by atoms with Gasteiger partial charge in [0.15, 0.2) is 0 Å². The number of aryl methyl sites for hydroxylation is 2. The quantitative estimate of drug-likeness (QED) is 0.882. The molecule has 0 aliphatic rings. The maximum atomic E-state index is 12.0. The molecule has 118 valence electrons. The molecule has 1 N–H and O–H groups in total. The summed E-state index contributed by atoms with van der Waals surface area (Å²) in [7, 11) is 0. The first-order valence-corrected chi connectivity index (χ1v) is 7.01. The number of imidazole rings is 1. The van der Waals surface area contributed by atoms with E-state index in [-0.39, 0.29) is 18.1 Å². The van der Waals surface area contributed by atoms with Crippen LogP contribution in [0, 0.1) is 13.8 Å². The third kappa shape index (κ3) is 3.27. The Morgan fingerprint density at radius 1 is 1.27 bits per heavy atom. The number of nitrogens with zero attached hydrogens (tertiary/aromatic N) is 2. The first-order chi connectivity index (χ1) is 10.1. The third-order valence-corrected chi connectivity index (χ3v) is 3.13. The minimum atomic E-state index is -1.03. The second-order valence-corrected chi connectivity index (χ2v) is 6.32. The molecule has 2 rings (SSSR count). The van der Waals surface area contributed by atoms with Crippen LogP contribution in [0.1, 0.15) is 42.5 Å². The van der Waals surface area contributed by atoms with Gasteiger partial charge in [-0.1, -0.05) is 0 Å².